The second-order valence-corrected chi connectivity index (χ2v) is 8.58. The number of thiophene rings is 1. The molecule has 1 aromatic rings. The quantitative estimate of drug-likeness (QED) is 0.290. The predicted octanol–water partition coefficient (Wildman–Crippen LogP) is 1.52. The number of aliphatic hydroxyl groups is 4. The number of carbonyl (C=O) groups excluding carboxylic acids is 1. The van der Waals surface area contributed by atoms with Crippen molar-refractivity contribution in [3.63, 3.8) is 0 Å². The Balaban J connectivity index is 1.50. The number of allylic oxidation sites excluding steroid dienone is 1. The highest BCUT2D eigenvalue weighted by molar-refractivity contribution is 7.08. The predicted molar refractivity (Wildman–Crippen MR) is 104 cm³/mol. The van der Waals surface area contributed by atoms with Gasteiger partial charge in [-0.05, 0) is 24.8 Å². The van der Waals surface area contributed by atoms with E-state index in [1.54, 1.807) is 23.8 Å². The van der Waals surface area contributed by atoms with E-state index in [0.29, 0.717) is 12.0 Å². The van der Waals surface area contributed by atoms with Crippen LogP contribution in [0.15, 0.2) is 22.9 Å². The lowest BCUT2D eigenvalue weighted by Crippen LogP contribution is -2.51. The monoisotopic (exact) mass is 412 g/mol. The van der Waals surface area contributed by atoms with Crippen LogP contribution in [0.5, 0.6) is 0 Å². The highest BCUT2D eigenvalue weighted by Crippen LogP contribution is 2.38. The number of hydrogen-bond acceptors (Lipinski definition) is 8. The van der Waals surface area contributed by atoms with Crippen molar-refractivity contribution >= 4 is 22.9 Å². The molecule has 156 valence electrons. The number of carbonyl (C=O) groups is 1. The van der Waals surface area contributed by atoms with Crippen LogP contribution in [0, 0.1) is 11.8 Å². The molecule has 2 fully saturated rings. The van der Waals surface area contributed by atoms with Crippen LogP contribution in [0.3, 0.4) is 0 Å². The summed E-state index contributed by atoms with van der Waals surface area (Å²) in [7, 11) is 0. The first-order valence-corrected chi connectivity index (χ1v) is 10.5. The molecule has 2 aliphatic rings. The second-order valence-electron chi connectivity index (χ2n) is 7.80. The van der Waals surface area contributed by atoms with Gasteiger partial charge < -0.3 is 29.9 Å². The van der Waals surface area contributed by atoms with Gasteiger partial charge in [-0.25, -0.2) is 0 Å². The first kappa shape index (κ1) is 21.4. The highest BCUT2D eigenvalue weighted by Gasteiger charge is 2.48. The minimum atomic E-state index is -1.19. The molecule has 1 aromatic heterocycles. The summed E-state index contributed by atoms with van der Waals surface area (Å²) >= 11 is 1.41. The van der Waals surface area contributed by atoms with E-state index in [9.17, 15) is 25.2 Å². The Morgan fingerprint density at radius 2 is 2.07 bits per heavy atom. The van der Waals surface area contributed by atoms with Gasteiger partial charge in [0.15, 0.2) is 5.78 Å². The van der Waals surface area contributed by atoms with Gasteiger partial charge in [-0.1, -0.05) is 6.92 Å². The molecule has 0 bridgehead atoms. The van der Waals surface area contributed by atoms with Gasteiger partial charge in [0, 0.05) is 35.3 Å². The Bertz CT molecular complexity index is 687. The van der Waals surface area contributed by atoms with Crippen molar-refractivity contribution in [2.24, 2.45) is 11.8 Å². The van der Waals surface area contributed by atoms with Crippen LogP contribution in [0.4, 0.5) is 0 Å². The molecule has 0 aromatic carbocycles. The smallest absolute Gasteiger partial charge is 0.162 e. The highest BCUT2D eigenvalue weighted by atomic mass is 32.1. The fraction of sp³-hybridized carbons (Fsp3) is 0.650. The van der Waals surface area contributed by atoms with Crippen LogP contribution < -0.4 is 0 Å². The maximum absolute atomic E-state index is 12.2. The van der Waals surface area contributed by atoms with Crippen molar-refractivity contribution in [3.05, 3.63) is 28.5 Å². The summed E-state index contributed by atoms with van der Waals surface area (Å²) in [6, 6.07) is 1.70. The molecule has 0 spiro atoms. The standard InChI is InChI=1S/C20H28O7S/c1-10(11(2)21)20-17(27-20)5-13-8-26-16(19(25)18(13)24)7-14(22)6-15(23)12-3-4-28-9-12/h3-4,6,9-11,13,16-21,23-25H,5,7-8H2,1-2H3/b15-6-/t10-,11-,13-,16-,17-,18+,19-,20-/m0/s1. The first-order chi connectivity index (χ1) is 13.3. The lowest BCUT2D eigenvalue weighted by atomic mass is 9.85. The average Bonchev–Trinajstić information content (AvgIpc) is 3.17. The average molecular weight is 413 g/mol. The van der Waals surface area contributed by atoms with Crippen LogP contribution in [-0.2, 0) is 14.3 Å². The van der Waals surface area contributed by atoms with Gasteiger partial charge in [0.05, 0.1) is 37.1 Å². The third-order valence-corrected chi connectivity index (χ3v) is 6.37. The fourth-order valence-electron chi connectivity index (χ4n) is 3.62. The van der Waals surface area contributed by atoms with Gasteiger partial charge in [0.25, 0.3) is 0 Å². The van der Waals surface area contributed by atoms with Crippen LogP contribution in [0.1, 0.15) is 32.3 Å². The number of ketones is 1. The third-order valence-electron chi connectivity index (χ3n) is 5.69. The van der Waals surface area contributed by atoms with Gasteiger partial charge >= 0.3 is 0 Å². The summed E-state index contributed by atoms with van der Waals surface area (Å²) in [6.45, 7) is 3.85. The van der Waals surface area contributed by atoms with E-state index in [2.05, 4.69) is 0 Å². The minimum absolute atomic E-state index is 0.00429. The molecule has 4 N–H and O–H groups in total. The van der Waals surface area contributed by atoms with Gasteiger partial charge in [-0.2, -0.15) is 11.3 Å². The summed E-state index contributed by atoms with van der Waals surface area (Å²) in [4.78, 5) is 12.2. The lowest BCUT2D eigenvalue weighted by Gasteiger charge is -2.37. The molecule has 8 heteroatoms. The van der Waals surface area contributed by atoms with Gasteiger partial charge in [-0.15, -0.1) is 0 Å². The molecule has 7 nitrogen and oxygen atoms in total. The topological polar surface area (TPSA) is 120 Å². The molecule has 2 saturated heterocycles. The molecule has 2 aliphatic heterocycles. The number of epoxide rings is 1. The zero-order valence-electron chi connectivity index (χ0n) is 16.0. The number of hydrogen-bond donors (Lipinski definition) is 4. The Morgan fingerprint density at radius 1 is 1.32 bits per heavy atom. The van der Waals surface area contributed by atoms with E-state index < -0.39 is 24.4 Å². The Labute approximate surface area is 168 Å². The van der Waals surface area contributed by atoms with Gasteiger partial charge in [0.2, 0.25) is 0 Å². The maximum atomic E-state index is 12.2. The molecule has 0 aliphatic carbocycles. The normalized spacial score (nSPS) is 35.4. The molecule has 3 heterocycles. The third kappa shape index (κ3) is 5.00. The van der Waals surface area contributed by atoms with E-state index in [4.69, 9.17) is 9.47 Å². The van der Waals surface area contributed by atoms with E-state index in [-0.39, 0.29) is 48.6 Å². The minimum Gasteiger partial charge on any atom is -0.507 e. The maximum Gasteiger partial charge on any atom is 0.162 e. The van der Waals surface area contributed by atoms with Crippen molar-refractivity contribution in [2.45, 2.75) is 63.3 Å². The zero-order chi connectivity index (χ0) is 20.4. The molecular weight excluding hydrogens is 384 g/mol. The van der Waals surface area contributed by atoms with Crippen LogP contribution in [-0.4, -0.2) is 69.4 Å². The second kappa shape index (κ2) is 9.02. The molecular formula is C20H28O7S. The van der Waals surface area contributed by atoms with Crippen molar-refractivity contribution in [3.8, 4) is 0 Å². The summed E-state index contributed by atoms with van der Waals surface area (Å²) in [5.74, 6) is -0.800. The summed E-state index contributed by atoms with van der Waals surface area (Å²) in [5, 5.41) is 43.9. The molecule has 28 heavy (non-hydrogen) atoms. The summed E-state index contributed by atoms with van der Waals surface area (Å²) < 4.78 is 11.2. The summed E-state index contributed by atoms with van der Waals surface area (Å²) in [6.07, 6.45) is -2.09. The van der Waals surface area contributed by atoms with E-state index >= 15 is 0 Å². The molecule has 0 saturated carbocycles. The van der Waals surface area contributed by atoms with E-state index in [1.807, 2.05) is 6.92 Å². The van der Waals surface area contributed by atoms with Gasteiger partial charge in [-0.3, -0.25) is 4.79 Å². The first-order valence-electron chi connectivity index (χ1n) is 9.55. The molecule has 8 atom stereocenters. The summed E-state index contributed by atoms with van der Waals surface area (Å²) in [5.41, 5.74) is 0.564. The Kier molecular flexibility index (Phi) is 6.90. The molecule has 0 amide bonds. The SMILES string of the molecule is C[C@H]([C@@H]1O[C@H]1C[C@H]1CO[C@@H](CC(=O)/C=C(\O)c2ccsc2)[C@H](O)[C@@H]1O)[C@H](C)O. The molecule has 0 radical (unpaired) electrons. The fourth-order valence-corrected chi connectivity index (χ4v) is 4.26. The van der Waals surface area contributed by atoms with Crippen molar-refractivity contribution in [2.75, 3.05) is 6.61 Å². The van der Waals surface area contributed by atoms with Crippen molar-refractivity contribution < 1.29 is 34.7 Å². The van der Waals surface area contributed by atoms with Crippen LogP contribution >= 0.6 is 11.3 Å². The van der Waals surface area contributed by atoms with Crippen LogP contribution in [0.2, 0.25) is 0 Å². The largest absolute Gasteiger partial charge is 0.507 e. The number of ether oxygens (including phenoxy) is 2. The van der Waals surface area contributed by atoms with E-state index in [1.165, 1.54) is 11.3 Å². The Morgan fingerprint density at radius 3 is 2.71 bits per heavy atom. The number of aliphatic hydroxyl groups excluding tert-OH is 4. The van der Waals surface area contributed by atoms with Crippen molar-refractivity contribution in [1.82, 2.24) is 0 Å². The molecule has 3 rings (SSSR count). The Hall–Kier alpha value is -1.29. The van der Waals surface area contributed by atoms with Gasteiger partial charge in [0.1, 0.15) is 11.9 Å². The number of rotatable bonds is 8. The zero-order valence-corrected chi connectivity index (χ0v) is 16.8. The van der Waals surface area contributed by atoms with Crippen LogP contribution in [0.25, 0.3) is 5.76 Å². The lowest BCUT2D eigenvalue weighted by molar-refractivity contribution is -0.169. The van der Waals surface area contributed by atoms with E-state index in [0.717, 1.165) is 6.08 Å². The molecule has 0 unspecified atom stereocenters. The van der Waals surface area contributed by atoms with Crippen molar-refractivity contribution in [1.29, 1.82) is 0 Å².